The molecule has 0 N–H and O–H groups in total. The van der Waals surface area contributed by atoms with Crippen molar-refractivity contribution in [1.82, 2.24) is 19.4 Å². The number of aromatic nitrogens is 2. The van der Waals surface area contributed by atoms with Crippen molar-refractivity contribution in [2.45, 2.75) is 65.8 Å². The minimum atomic E-state index is 0.0846. The van der Waals surface area contributed by atoms with Gasteiger partial charge in [0, 0.05) is 56.8 Å². The zero-order chi connectivity index (χ0) is 19.4. The van der Waals surface area contributed by atoms with Gasteiger partial charge in [-0.1, -0.05) is 20.8 Å². The van der Waals surface area contributed by atoms with Crippen LogP contribution in [-0.2, 0) is 22.6 Å². The first-order valence-corrected chi connectivity index (χ1v) is 10.5. The lowest BCUT2D eigenvalue weighted by Crippen LogP contribution is -2.55. The van der Waals surface area contributed by atoms with Crippen LogP contribution >= 0.6 is 0 Å². The van der Waals surface area contributed by atoms with Crippen LogP contribution in [0.5, 0.6) is 0 Å². The molecule has 1 unspecified atom stereocenters. The summed E-state index contributed by atoms with van der Waals surface area (Å²) < 4.78 is 1.96. The molecule has 1 atom stereocenters. The van der Waals surface area contributed by atoms with E-state index in [1.165, 1.54) is 0 Å². The van der Waals surface area contributed by atoms with Gasteiger partial charge in [0.25, 0.3) is 0 Å². The molecule has 0 aliphatic carbocycles. The Kier molecular flexibility index (Phi) is 6.22. The van der Waals surface area contributed by atoms with Crippen molar-refractivity contribution in [2.75, 3.05) is 26.2 Å². The molecule has 0 aromatic carbocycles. The van der Waals surface area contributed by atoms with Crippen LogP contribution < -0.4 is 0 Å². The Balaban J connectivity index is 1.64. The molecule has 2 saturated heterocycles. The van der Waals surface area contributed by atoms with E-state index in [2.05, 4.69) is 30.7 Å². The predicted octanol–water partition coefficient (Wildman–Crippen LogP) is 2.72. The number of nitrogens with zero attached hydrogens (tertiary/aromatic N) is 4. The molecular formula is C21H34N4O2. The quantitative estimate of drug-likeness (QED) is 0.769. The van der Waals surface area contributed by atoms with Crippen LogP contribution in [0.4, 0.5) is 0 Å². The van der Waals surface area contributed by atoms with E-state index in [0.717, 1.165) is 64.1 Å². The fourth-order valence-corrected chi connectivity index (χ4v) is 4.52. The number of piperidine rings is 2. The van der Waals surface area contributed by atoms with Crippen molar-refractivity contribution in [3.63, 3.8) is 0 Å². The summed E-state index contributed by atoms with van der Waals surface area (Å²) in [5.41, 5.74) is 0.0846. The highest BCUT2D eigenvalue weighted by molar-refractivity contribution is 5.78. The van der Waals surface area contributed by atoms with Crippen LogP contribution in [0.25, 0.3) is 0 Å². The van der Waals surface area contributed by atoms with E-state index >= 15 is 0 Å². The van der Waals surface area contributed by atoms with Crippen molar-refractivity contribution in [3.05, 3.63) is 18.2 Å². The number of carbonyl (C=O) groups excluding carboxylic acids is 2. The number of hydrogen-bond donors (Lipinski definition) is 0. The molecule has 150 valence electrons. The summed E-state index contributed by atoms with van der Waals surface area (Å²) in [7, 11) is 0. The number of likely N-dealkylation sites (tertiary alicyclic amines) is 2. The van der Waals surface area contributed by atoms with E-state index in [9.17, 15) is 9.59 Å². The predicted molar refractivity (Wildman–Crippen MR) is 105 cm³/mol. The highest BCUT2D eigenvalue weighted by Gasteiger charge is 2.42. The maximum atomic E-state index is 12.9. The van der Waals surface area contributed by atoms with E-state index in [4.69, 9.17) is 0 Å². The van der Waals surface area contributed by atoms with Gasteiger partial charge in [-0.3, -0.25) is 9.59 Å². The minimum Gasteiger partial charge on any atom is -0.342 e. The van der Waals surface area contributed by atoms with Crippen molar-refractivity contribution < 1.29 is 9.59 Å². The van der Waals surface area contributed by atoms with Crippen molar-refractivity contribution in [2.24, 2.45) is 11.3 Å². The summed E-state index contributed by atoms with van der Waals surface area (Å²) in [4.78, 5) is 33.7. The molecule has 2 aliphatic heterocycles. The second-order valence-electron chi connectivity index (χ2n) is 8.74. The molecule has 2 amide bonds. The fourth-order valence-electron chi connectivity index (χ4n) is 4.52. The Morgan fingerprint density at radius 3 is 2.85 bits per heavy atom. The summed E-state index contributed by atoms with van der Waals surface area (Å²) in [6.45, 7) is 10.1. The molecule has 3 heterocycles. The Labute approximate surface area is 162 Å². The largest absolute Gasteiger partial charge is 0.342 e. The Morgan fingerprint density at radius 1 is 1.30 bits per heavy atom. The molecule has 27 heavy (non-hydrogen) atoms. The number of aryl methyl sites for hydroxylation is 1. The van der Waals surface area contributed by atoms with Gasteiger partial charge in [-0.15, -0.1) is 0 Å². The molecule has 1 aromatic rings. The van der Waals surface area contributed by atoms with Gasteiger partial charge in [-0.2, -0.15) is 0 Å². The molecule has 0 saturated carbocycles. The zero-order valence-corrected chi connectivity index (χ0v) is 17.1. The van der Waals surface area contributed by atoms with Crippen LogP contribution in [0.15, 0.2) is 12.4 Å². The second-order valence-corrected chi connectivity index (χ2v) is 8.74. The lowest BCUT2D eigenvalue weighted by Gasteiger charge is -2.48. The summed E-state index contributed by atoms with van der Waals surface area (Å²) in [5.74, 6) is 2.02. The van der Waals surface area contributed by atoms with Crippen LogP contribution in [0.2, 0.25) is 0 Å². The second kappa shape index (κ2) is 8.44. The number of rotatable bonds is 6. The molecule has 0 bridgehead atoms. The molecule has 3 rings (SSSR count). The van der Waals surface area contributed by atoms with Crippen LogP contribution in [-0.4, -0.2) is 57.3 Å². The van der Waals surface area contributed by atoms with Gasteiger partial charge in [0.05, 0.1) is 0 Å². The molecular weight excluding hydrogens is 340 g/mol. The summed E-state index contributed by atoms with van der Waals surface area (Å²) >= 11 is 0. The molecule has 6 nitrogen and oxygen atoms in total. The molecule has 1 aromatic heterocycles. The molecule has 0 radical (unpaired) electrons. The minimum absolute atomic E-state index is 0.0846. The van der Waals surface area contributed by atoms with Gasteiger partial charge < -0.3 is 14.4 Å². The maximum Gasteiger partial charge on any atom is 0.242 e. The van der Waals surface area contributed by atoms with Crippen LogP contribution in [0, 0.1) is 11.3 Å². The highest BCUT2D eigenvalue weighted by atomic mass is 16.2. The Morgan fingerprint density at radius 2 is 2.11 bits per heavy atom. The van der Waals surface area contributed by atoms with Gasteiger partial charge in [-0.25, -0.2) is 4.98 Å². The lowest BCUT2D eigenvalue weighted by molar-refractivity contribution is -0.143. The SMILES string of the molecule is CCc1nccn1CC(=O)N1CCCC2(CCC(=O)N(CCC(C)C)C2)C1. The maximum absolute atomic E-state index is 12.9. The van der Waals surface area contributed by atoms with E-state index in [1.54, 1.807) is 6.20 Å². The van der Waals surface area contributed by atoms with E-state index < -0.39 is 0 Å². The van der Waals surface area contributed by atoms with Gasteiger partial charge in [0.2, 0.25) is 11.8 Å². The molecule has 2 fully saturated rings. The fraction of sp³-hybridized carbons (Fsp3) is 0.762. The zero-order valence-electron chi connectivity index (χ0n) is 17.1. The Bertz CT molecular complexity index is 669. The van der Waals surface area contributed by atoms with Gasteiger partial charge in [0.15, 0.2) is 0 Å². The van der Waals surface area contributed by atoms with Gasteiger partial charge in [0.1, 0.15) is 12.4 Å². The molecule has 2 aliphatic rings. The Hall–Kier alpha value is -1.85. The van der Waals surface area contributed by atoms with E-state index in [0.29, 0.717) is 18.9 Å². The summed E-state index contributed by atoms with van der Waals surface area (Å²) in [5, 5.41) is 0. The molecule has 6 heteroatoms. The average Bonchev–Trinajstić information content (AvgIpc) is 3.10. The molecule has 1 spiro atoms. The van der Waals surface area contributed by atoms with Crippen LogP contribution in [0.3, 0.4) is 0 Å². The smallest absolute Gasteiger partial charge is 0.242 e. The number of hydrogen-bond acceptors (Lipinski definition) is 3. The van der Waals surface area contributed by atoms with Crippen molar-refractivity contribution >= 4 is 11.8 Å². The highest BCUT2D eigenvalue weighted by Crippen LogP contribution is 2.39. The van der Waals surface area contributed by atoms with Crippen LogP contribution in [0.1, 0.15) is 58.7 Å². The first kappa shape index (κ1) is 19.9. The third-order valence-corrected chi connectivity index (χ3v) is 6.16. The van der Waals surface area contributed by atoms with Crippen molar-refractivity contribution in [1.29, 1.82) is 0 Å². The van der Waals surface area contributed by atoms with Crippen molar-refractivity contribution in [3.8, 4) is 0 Å². The first-order chi connectivity index (χ1) is 12.9. The van der Waals surface area contributed by atoms with Gasteiger partial charge in [-0.05, 0) is 31.6 Å². The normalized spacial score (nSPS) is 23.5. The van der Waals surface area contributed by atoms with E-state index in [-0.39, 0.29) is 17.2 Å². The topological polar surface area (TPSA) is 58.4 Å². The van der Waals surface area contributed by atoms with E-state index in [1.807, 2.05) is 15.7 Å². The third kappa shape index (κ3) is 4.71. The lowest BCUT2D eigenvalue weighted by atomic mass is 9.73. The first-order valence-electron chi connectivity index (χ1n) is 10.5. The number of imidazole rings is 1. The summed E-state index contributed by atoms with van der Waals surface area (Å²) in [6, 6.07) is 0. The number of amides is 2. The third-order valence-electron chi connectivity index (χ3n) is 6.16. The summed E-state index contributed by atoms with van der Waals surface area (Å²) in [6.07, 6.45) is 9.23. The average molecular weight is 375 g/mol. The van der Waals surface area contributed by atoms with Gasteiger partial charge >= 0.3 is 0 Å². The number of carbonyl (C=O) groups is 2. The standard InChI is InChI=1S/C21H34N4O2/c1-4-18-22-10-13-23(18)14-20(27)24-11-5-8-21(15-24)9-6-19(26)25(16-21)12-7-17(2)3/h10,13,17H,4-9,11-12,14-16H2,1-3H3. The monoisotopic (exact) mass is 374 g/mol.